The lowest BCUT2D eigenvalue weighted by Crippen LogP contribution is -2.37. The van der Waals surface area contributed by atoms with Crippen LogP contribution in [0.4, 0.5) is 22.0 Å². The van der Waals surface area contributed by atoms with Crippen molar-refractivity contribution in [2.45, 2.75) is 0 Å². The smallest absolute Gasteiger partial charge is 0.323 e. The predicted molar refractivity (Wildman–Crippen MR) is 141 cm³/mol. The maximum Gasteiger partial charge on any atom is 0.323 e. The van der Waals surface area contributed by atoms with E-state index in [1.54, 1.807) is 24.5 Å². The van der Waals surface area contributed by atoms with E-state index in [9.17, 15) is 4.79 Å². The number of carbonyl (C=O) groups is 1. The SMILES string of the molecule is Cn1ccc2c3nc(-c4cccc(NC(=O)Nc5ccncc5)c4)nc(N4CCOCC4)c3ccc21. The Labute approximate surface area is 207 Å². The van der Waals surface area contributed by atoms with Gasteiger partial charge in [0.2, 0.25) is 0 Å². The van der Waals surface area contributed by atoms with Crippen molar-refractivity contribution in [1.29, 1.82) is 0 Å². The Hall–Kier alpha value is -4.50. The number of aryl methyl sites for hydroxylation is 1. The van der Waals surface area contributed by atoms with E-state index < -0.39 is 0 Å². The second-order valence-electron chi connectivity index (χ2n) is 8.69. The van der Waals surface area contributed by atoms with Crippen LogP contribution >= 0.6 is 0 Å². The Kier molecular flexibility index (Phi) is 5.67. The van der Waals surface area contributed by atoms with Crippen molar-refractivity contribution in [1.82, 2.24) is 19.5 Å². The van der Waals surface area contributed by atoms with Gasteiger partial charge >= 0.3 is 6.03 Å². The zero-order valence-corrected chi connectivity index (χ0v) is 19.8. The summed E-state index contributed by atoms with van der Waals surface area (Å²) < 4.78 is 7.67. The highest BCUT2D eigenvalue weighted by molar-refractivity contribution is 6.08. The molecule has 36 heavy (non-hydrogen) atoms. The highest BCUT2D eigenvalue weighted by atomic mass is 16.5. The molecule has 0 spiro atoms. The molecule has 4 heterocycles. The first kappa shape index (κ1) is 22.0. The van der Waals surface area contributed by atoms with Crippen LogP contribution in [0.15, 0.2) is 73.2 Å². The van der Waals surface area contributed by atoms with Gasteiger partial charge in [-0.2, -0.15) is 0 Å². The Morgan fingerprint density at radius 3 is 2.56 bits per heavy atom. The first-order valence-corrected chi connectivity index (χ1v) is 11.8. The molecule has 2 amide bonds. The highest BCUT2D eigenvalue weighted by Gasteiger charge is 2.20. The molecule has 0 aliphatic carbocycles. The summed E-state index contributed by atoms with van der Waals surface area (Å²) in [5.74, 6) is 1.51. The van der Waals surface area contributed by atoms with Crippen LogP contribution in [0.5, 0.6) is 0 Å². The first-order chi connectivity index (χ1) is 17.7. The number of hydrogen-bond donors (Lipinski definition) is 2. The summed E-state index contributed by atoms with van der Waals surface area (Å²) >= 11 is 0. The van der Waals surface area contributed by atoms with E-state index in [1.165, 1.54) is 0 Å². The van der Waals surface area contributed by atoms with Gasteiger partial charge in [0.05, 0.1) is 18.7 Å². The largest absolute Gasteiger partial charge is 0.378 e. The molecule has 9 heteroatoms. The number of fused-ring (bicyclic) bond motifs is 3. The van der Waals surface area contributed by atoms with Crippen LogP contribution in [-0.4, -0.2) is 51.9 Å². The number of pyridine rings is 1. The summed E-state index contributed by atoms with van der Waals surface area (Å²) in [4.78, 5) is 28.8. The van der Waals surface area contributed by atoms with Crippen LogP contribution in [0.25, 0.3) is 33.2 Å². The summed E-state index contributed by atoms with van der Waals surface area (Å²) in [6.07, 6.45) is 5.30. The lowest BCUT2D eigenvalue weighted by atomic mass is 10.1. The third-order valence-electron chi connectivity index (χ3n) is 6.34. The van der Waals surface area contributed by atoms with E-state index in [0.717, 1.165) is 46.3 Å². The standard InChI is InChI=1S/C27H25N7O2/c1-33-12-9-21-23(33)6-5-22-24(21)31-25(32-26(22)34-13-15-36-16-14-34)18-3-2-4-20(17-18)30-27(35)29-19-7-10-28-11-8-19/h2-12,17H,13-16H2,1H3,(H2,28,29,30,35). The fraction of sp³-hybridized carbons (Fsp3) is 0.185. The molecule has 0 radical (unpaired) electrons. The Bertz CT molecular complexity index is 1560. The van der Waals surface area contributed by atoms with Crippen molar-refractivity contribution in [2.24, 2.45) is 7.05 Å². The molecule has 1 aliphatic heterocycles. The number of morpholine rings is 1. The number of anilines is 3. The van der Waals surface area contributed by atoms with Gasteiger partial charge in [-0.15, -0.1) is 0 Å². The fourth-order valence-electron chi connectivity index (χ4n) is 4.54. The van der Waals surface area contributed by atoms with Crippen LogP contribution in [0.2, 0.25) is 0 Å². The Morgan fingerprint density at radius 2 is 1.72 bits per heavy atom. The quantitative estimate of drug-likeness (QED) is 0.389. The van der Waals surface area contributed by atoms with E-state index in [4.69, 9.17) is 14.7 Å². The van der Waals surface area contributed by atoms with Gasteiger partial charge in [0.1, 0.15) is 5.82 Å². The van der Waals surface area contributed by atoms with E-state index in [0.29, 0.717) is 30.4 Å². The summed E-state index contributed by atoms with van der Waals surface area (Å²) in [5, 5.41) is 7.80. The lowest BCUT2D eigenvalue weighted by Gasteiger charge is -2.29. The predicted octanol–water partition coefficient (Wildman–Crippen LogP) is 4.66. The first-order valence-electron chi connectivity index (χ1n) is 11.8. The molecule has 5 aromatic rings. The monoisotopic (exact) mass is 479 g/mol. The number of nitrogens with one attached hydrogen (secondary N) is 2. The van der Waals surface area contributed by atoms with E-state index in [2.05, 4.69) is 43.3 Å². The zero-order chi connectivity index (χ0) is 24.5. The van der Waals surface area contributed by atoms with Gasteiger partial charge in [-0.3, -0.25) is 4.98 Å². The third kappa shape index (κ3) is 4.20. The lowest BCUT2D eigenvalue weighted by molar-refractivity contribution is 0.122. The van der Waals surface area contributed by atoms with Gasteiger partial charge in [0, 0.05) is 72.0 Å². The number of ether oxygens (including phenoxy) is 1. The number of hydrogen-bond acceptors (Lipinski definition) is 6. The number of aromatic nitrogens is 4. The summed E-state index contributed by atoms with van der Waals surface area (Å²) in [6, 6.07) is 17.0. The molecule has 0 atom stereocenters. The minimum absolute atomic E-state index is 0.335. The van der Waals surface area contributed by atoms with E-state index in [1.807, 2.05) is 37.5 Å². The van der Waals surface area contributed by atoms with Crippen LogP contribution in [0, 0.1) is 0 Å². The number of rotatable bonds is 4. The van der Waals surface area contributed by atoms with Crippen molar-refractivity contribution < 1.29 is 9.53 Å². The van der Waals surface area contributed by atoms with E-state index in [-0.39, 0.29) is 6.03 Å². The van der Waals surface area contributed by atoms with Crippen LogP contribution in [0.1, 0.15) is 0 Å². The van der Waals surface area contributed by atoms with E-state index >= 15 is 0 Å². The van der Waals surface area contributed by atoms with Crippen LogP contribution in [-0.2, 0) is 11.8 Å². The molecule has 2 aromatic carbocycles. The highest BCUT2D eigenvalue weighted by Crippen LogP contribution is 2.33. The summed E-state index contributed by atoms with van der Waals surface area (Å²) in [7, 11) is 2.03. The fourth-order valence-corrected chi connectivity index (χ4v) is 4.54. The molecule has 180 valence electrons. The molecule has 2 N–H and O–H groups in total. The second kappa shape index (κ2) is 9.27. The second-order valence-corrected chi connectivity index (χ2v) is 8.69. The zero-order valence-electron chi connectivity index (χ0n) is 19.8. The Morgan fingerprint density at radius 1 is 0.917 bits per heavy atom. The van der Waals surface area contributed by atoms with Gasteiger partial charge in [-0.25, -0.2) is 14.8 Å². The number of urea groups is 1. The van der Waals surface area contributed by atoms with Gasteiger partial charge < -0.3 is 24.8 Å². The number of benzene rings is 2. The van der Waals surface area contributed by atoms with Crippen molar-refractivity contribution in [3.8, 4) is 11.4 Å². The molecular formula is C27H25N7O2. The third-order valence-corrected chi connectivity index (χ3v) is 6.34. The molecule has 0 saturated carbocycles. The van der Waals surface area contributed by atoms with Crippen molar-refractivity contribution in [3.63, 3.8) is 0 Å². The van der Waals surface area contributed by atoms with Crippen molar-refractivity contribution in [2.75, 3.05) is 41.8 Å². The minimum atomic E-state index is -0.335. The maximum absolute atomic E-state index is 12.5. The molecule has 1 aliphatic rings. The molecule has 3 aromatic heterocycles. The van der Waals surface area contributed by atoms with Gasteiger partial charge in [0.15, 0.2) is 5.82 Å². The van der Waals surface area contributed by atoms with Crippen molar-refractivity contribution >= 4 is 45.0 Å². The normalized spacial score (nSPS) is 13.8. The summed E-state index contributed by atoms with van der Waals surface area (Å²) in [6.45, 7) is 2.88. The van der Waals surface area contributed by atoms with Crippen LogP contribution in [0.3, 0.4) is 0 Å². The minimum Gasteiger partial charge on any atom is -0.378 e. The average Bonchev–Trinajstić information content (AvgIpc) is 3.30. The molecular weight excluding hydrogens is 454 g/mol. The summed E-state index contributed by atoms with van der Waals surface area (Å²) in [5.41, 5.74) is 4.16. The average molecular weight is 480 g/mol. The molecule has 6 rings (SSSR count). The Balaban J connectivity index is 1.40. The molecule has 1 fully saturated rings. The van der Waals surface area contributed by atoms with Gasteiger partial charge in [0.25, 0.3) is 0 Å². The molecule has 0 unspecified atom stereocenters. The molecule has 9 nitrogen and oxygen atoms in total. The molecule has 1 saturated heterocycles. The number of amides is 2. The topological polar surface area (TPSA) is 97.2 Å². The van der Waals surface area contributed by atoms with Gasteiger partial charge in [-0.1, -0.05) is 12.1 Å². The maximum atomic E-state index is 12.5. The number of carbonyl (C=O) groups excluding carboxylic acids is 1. The van der Waals surface area contributed by atoms with Crippen molar-refractivity contribution in [3.05, 3.63) is 73.2 Å². The molecule has 0 bridgehead atoms. The van der Waals surface area contributed by atoms with Gasteiger partial charge in [-0.05, 0) is 42.5 Å². The van der Waals surface area contributed by atoms with Crippen LogP contribution < -0.4 is 15.5 Å². The number of nitrogens with zero attached hydrogens (tertiary/aromatic N) is 5.